The molecule has 0 bridgehead atoms. The normalized spacial score (nSPS) is 12.9. The minimum atomic E-state index is -1.60. The SMILES string of the molecule is CCCc1c(OCCCC/C=C\C=C\C(Sc2ccc3c(=O)cc(OC(=O)O)oc3c2)C(O)c2ccc(Cl)s2)ccc(C(C)=O)c1O. The van der Waals surface area contributed by atoms with Crippen LogP contribution in [0.4, 0.5) is 4.79 Å². The zero-order valence-electron chi connectivity index (χ0n) is 25.8. The zero-order chi connectivity index (χ0) is 33.9. The van der Waals surface area contributed by atoms with Crippen molar-refractivity contribution < 1.29 is 38.8 Å². The maximum atomic E-state index is 12.4. The Hall–Kier alpha value is -4.03. The fourth-order valence-corrected chi connectivity index (χ4v) is 7.02. The molecule has 4 aromatic rings. The van der Waals surface area contributed by atoms with Gasteiger partial charge in [-0.05, 0) is 75.1 Å². The number of phenols is 1. The highest BCUT2D eigenvalue weighted by Crippen LogP contribution is 2.38. The minimum absolute atomic E-state index is 0.00187. The van der Waals surface area contributed by atoms with Gasteiger partial charge in [-0.3, -0.25) is 9.59 Å². The van der Waals surface area contributed by atoms with Crippen molar-refractivity contribution in [1.29, 1.82) is 0 Å². The molecule has 248 valence electrons. The maximum Gasteiger partial charge on any atom is 0.513 e. The number of unbranched alkanes of at least 4 members (excludes halogenated alkanes) is 2. The molecular weight excluding hydrogens is 664 g/mol. The van der Waals surface area contributed by atoms with Gasteiger partial charge in [-0.25, -0.2) is 4.79 Å². The molecular formula is C35H35ClO9S2. The van der Waals surface area contributed by atoms with E-state index in [2.05, 4.69) is 4.74 Å². The Morgan fingerprint density at radius 3 is 2.62 bits per heavy atom. The van der Waals surface area contributed by atoms with Crippen molar-refractivity contribution in [1.82, 2.24) is 0 Å². The third kappa shape index (κ3) is 9.98. The van der Waals surface area contributed by atoms with E-state index in [1.807, 2.05) is 31.2 Å². The number of hydrogen-bond donors (Lipinski definition) is 3. The number of ether oxygens (including phenoxy) is 2. The molecule has 3 N–H and O–H groups in total. The predicted molar refractivity (Wildman–Crippen MR) is 185 cm³/mol. The molecule has 2 heterocycles. The molecule has 0 aliphatic carbocycles. The van der Waals surface area contributed by atoms with E-state index < -0.39 is 28.9 Å². The standard InChI is InChI=1S/C35H35ClO9S2/c1-3-10-25-27(15-14-23(21(2)37)33(25)39)43-18-9-7-5-4-6-8-11-29(34(40)30-16-17-31(36)47-30)46-22-12-13-24-26(38)20-32(45-35(41)42)44-28(24)19-22/h4,6,8,11-17,19-20,29,34,39-40H,3,5,7,9-10,18H2,1-2H3,(H,41,42)/b6-4-,11-8+. The Balaban J connectivity index is 1.37. The van der Waals surface area contributed by atoms with E-state index in [9.17, 15) is 24.6 Å². The number of benzene rings is 2. The highest BCUT2D eigenvalue weighted by Gasteiger charge is 2.22. The van der Waals surface area contributed by atoms with Crippen molar-refractivity contribution in [3.05, 3.63) is 103 Å². The second kappa shape index (κ2) is 17.2. The number of carbonyl (C=O) groups is 2. The van der Waals surface area contributed by atoms with Crippen molar-refractivity contribution >= 4 is 57.6 Å². The lowest BCUT2D eigenvalue weighted by atomic mass is 10.0. The van der Waals surface area contributed by atoms with Crippen molar-refractivity contribution in [2.75, 3.05) is 6.61 Å². The molecule has 0 fully saturated rings. The Labute approximate surface area is 285 Å². The van der Waals surface area contributed by atoms with E-state index in [4.69, 9.17) is 25.9 Å². The molecule has 2 atom stereocenters. The average Bonchev–Trinajstić information content (AvgIpc) is 3.46. The molecule has 9 nitrogen and oxygen atoms in total. The summed E-state index contributed by atoms with van der Waals surface area (Å²) in [5, 5.41) is 30.5. The van der Waals surface area contributed by atoms with Crippen LogP contribution < -0.4 is 14.9 Å². The van der Waals surface area contributed by atoms with Crippen LogP contribution in [0.1, 0.15) is 66.4 Å². The van der Waals surface area contributed by atoms with E-state index >= 15 is 0 Å². The number of allylic oxidation sites excluding steroid dienone is 3. The number of aliphatic hydroxyl groups is 1. The first-order valence-corrected chi connectivity index (χ1v) is 17.0. The summed E-state index contributed by atoms with van der Waals surface area (Å²) in [5.41, 5.74) is 0.684. The second-order valence-electron chi connectivity index (χ2n) is 10.5. The first-order chi connectivity index (χ1) is 22.6. The van der Waals surface area contributed by atoms with E-state index in [1.54, 1.807) is 42.5 Å². The number of Topliss-reactive ketones (excluding diaryl/α,β-unsaturated/α-hetero) is 1. The fraction of sp³-hybridized carbons (Fsp3) is 0.286. The summed E-state index contributed by atoms with van der Waals surface area (Å²) in [6.07, 6.45) is 9.09. The Morgan fingerprint density at radius 2 is 1.91 bits per heavy atom. The minimum Gasteiger partial charge on any atom is -0.507 e. The van der Waals surface area contributed by atoms with Gasteiger partial charge >= 0.3 is 6.16 Å². The first kappa shape index (κ1) is 35.8. The van der Waals surface area contributed by atoms with Gasteiger partial charge in [0.15, 0.2) is 11.2 Å². The summed E-state index contributed by atoms with van der Waals surface area (Å²) in [5.74, 6) is -0.0104. The number of carbonyl (C=O) groups excluding carboxylic acids is 1. The number of halogens is 1. The van der Waals surface area contributed by atoms with Crippen molar-refractivity contribution in [2.45, 2.75) is 62.2 Å². The third-order valence-electron chi connectivity index (χ3n) is 7.02. The topological polar surface area (TPSA) is 144 Å². The second-order valence-corrected chi connectivity index (χ2v) is 13.5. The number of carboxylic acid groups (broad SMARTS) is 1. The highest BCUT2D eigenvalue weighted by molar-refractivity contribution is 8.00. The van der Waals surface area contributed by atoms with Crippen LogP contribution in [0.15, 0.2) is 86.9 Å². The van der Waals surface area contributed by atoms with E-state index in [1.165, 1.54) is 30.0 Å². The smallest absolute Gasteiger partial charge is 0.507 e. The average molecular weight is 699 g/mol. The van der Waals surface area contributed by atoms with Crippen molar-refractivity contribution in [3.8, 4) is 17.4 Å². The van der Waals surface area contributed by atoms with Gasteiger partial charge in [0.1, 0.15) is 23.2 Å². The van der Waals surface area contributed by atoms with Crippen molar-refractivity contribution in [3.63, 3.8) is 0 Å². The van der Waals surface area contributed by atoms with Crippen LogP contribution >= 0.6 is 34.7 Å². The summed E-state index contributed by atoms with van der Waals surface area (Å²) in [6.45, 7) is 3.91. The quantitative estimate of drug-likeness (QED) is 0.0341. The zero-order valence-corrected chi connectivity index (χ0v) is 28.2. The molecule has 2 aromatic heterocycles. The van der Waals surface area contributed by atoms with Gasteiger partial charge in [-0.2, -0.15) is 0 Å². The molecule has 2 aromatic carbocycles. The summed E-state index contributed by atoms with van der Waals surface area (Å²) in [7, 11) is 0. The monoisotopic (exact) mass is 698 g/mol. The van der Waals surface area contributed by atoms with Gasteiger partial charge in [-0.15, -0.1) is 23.1 Å². The van der Waals surface area contributed by atoms with E-state index in [0.717, 1.165) is 31.7 Å². The Morgan fingerprint density at radius 1 is 1.11 bits per heavy atom. The molecule has 47 heavy (non-hydrogen) atoms. The first-order valence-electron chi connectivity index (χ1n) is 15.0. The number of phenolic OH excluding ortho intramolecular Hbond substituents is 1. The van der Waals surface area contributed by atoms with Gasteiger partial charge in [0.05, 0.1) is 33.2 Å². The molecule has 0 aliphatic heterocycles. The maximum absolute atomic E-state index is 12.4. The number of thiophene rings is 1. The van der Waals surface area contributed by atoms with Crippen LogP contribution in [-0.4, -0.2) is 39.1 Å². The lowest BCUT2D eigenvalue weighted by Crippen LogP contribution is -2.11. The van der Waals surface area contributed by atoms with Gasteiger partial charge in [0, 0.05) is 15.3 Å². The van der Waals surface area contributed by atoms with Crippen LogP contribution in [-0.2, 0) is 6.42 Å². The van der Waals surface area contributed by atoms with Crippen LogP contribution in [0.25, 0.3) is 11.0 Å². The van der Waals surface area contributed by atoms with Gasteiger partial charge in [-0.1, -0.05) is 49.2 Å². The molecule has 4 rings (SSSR count). The largest absolute Gasteiger partial charge is 0.513 e. The summed E-state index contributed by atoms with van der Waals surface area (Å²) in [6, 6.07) is 12.7. The molecule has 0 aliphatic rings. The van der Waals surface area contributed by atoms with E-state index in [-0.39, 0.29) is 22.5 Å². The van der Waals surface area contributed by atoms with Crippen LogP contribution in [0, 0.1) is 0 Å². The third-order valence-corrected chi connectivity index (χ3v) is 9.54. The Bertz CT molecular complexity index is 1830. The number of thioether (sulfide) groups is 1. The van der Waals surface area contributed by atoms with Crippen LogP contribution in [0.2, 0.25) is 4.34 Å². The number of aliphatic hydroxyl groups excluding tert-OH is 1. The number of aromatic hydroxyl groups is 1. The summed E-state index contributed by atoms with van der Waals surface area (Å²) >= 11 is 8.75. The van der Waals surface area contributed by atoms with Crippen LogP contribution in [0.5, 0.6) is 17.4 Å². The number of fused-ring (bicyclic) bond motifs is 1. The van der Waals surface area contributed by atoms with Gasteiger partial charge in [0.25, 0.3) is 5.95 Å². The highest BCUT2D eigenvalue weighted by atomic mass is 35.5. The van der Waals surface area contributed by atoms with Crippen LogP contribution in [0.3, 0.4) is 0 Å². The number of hydrogen-bond acceptors (Lipinski definition) is 10. The van der Waals surface area contributed by atoms with Gasteiger partial charge < -0.3 is 29.2 Å². The number of ketones is 1. The van der Waals surface area contributed by atoms with Gasteiger partial charge in [0.2, 0.25) is 0 Å². The lowest BCUT2D eigenvalue weighted by molar-refractivity contribution is 0.101. The van der Waals surface area contributed by atoms with E-state index in [0.29, 0.717) is 44.0 Å². The van der Waals surface area contributed by atoms with Crippen molar-refractivity contribution in [2.24, 2.45) is 0 Å². The fourth-order valence-electron chi connectivity index (χ4n) is 4.76. The summed E-state index contributed by atoms with van der Waals surface area (Å²) < 4.78 is 16.5. The molecule has 0 amide bonds. The molecule has 0 saturated carbocycles. The molecule has 0 spiro atoms. The molecule has 0 radical (unpaired) electrons. The molecule has 12 heteroatoms. The predicted octanol–water partition coefficient (Wildman–Crippen LogP) is 8.98. The lowest BCUT2D eigenvalue weighted by Gasteiger charge is -2.18. The Kier molecular flexibility index (Phi) is 13.1. The molecule has 0 saturated heterocycles. The number of rotatable bonds is 16. The summed E-state index contributed by atoms with van der Waals surface area (Å²) in [4.78, 5) is 36.5. The molecule has 2 unspecified atom stereocenters.